The Kier molecular flexibility index (Phi) is 26.5. The van der Waals surface area contributed by atoms with Gasteiger partial charge in [-0.25, -0.2) is 0 Å². The highest BCUT2D eigenvalue weighted by Gasteiger charge is 2.42. The number of nitrogens with zero attached hydrogens (tertiary/aromatic N) is 1. The number of carbonyl (C=O) groups is 2. The number of aliphatic hydroxyl groups is 1. The minimum Gasteiger partial charge on any atom is -0.466 e. The van der Waals surface area contributed by atoms with Crippen LogP contribution < -0.4 is 0 Å². The van der Waals surface area contributed by atoms with Crippen molar-refractivity contribution in [3.05, 3.63) is 0 Å². The van der Waals surface area contributed by atoms with Crippen molar-refractivity contribution < 1.29 is 24.2 Å². The van der Waals surface area contributed by atoms with E-state index in [1.165, 1.54) is 134 Å². The van der Waals surface area contributed by atoms with Gasteiger partial charge in [-0.15, -0.1) is 23.5 Å². The molecule has 56 heavy (non-hydrogen) atoms. The molecule has 0 spiro atoms. The molecule has 8 heteroatoms. The Morgan fingerprint density at radius 1 is 0.714 bits per heavy atom. The quantitative estimate of drug-likeness (QED) is 0.0398. The maximum absolute atomic E-state index is 13.2. The van der Waals surface area contributed by atoms with Crippen LogP contribution in [0.4, 0.5) is 0 Å². The molecule has 3 fully saturated rings. The molecule has 3 rings (SSSR count). The summed E-state index contributed by atoms with van der Waals surface area (Å²) in [6, 6.07) is 0. The molecule has 1 saturated heterocycles. The maximum atomic E-state index is 13.2. The maximum Gasteiger partial charge on any atom is 0.306 e. The lowest BCUT2D eigenvalue weighted by atomic mass is 9.58. The second-order valence-corrected chi connectivity index (χ2v) is 22.0. The van der Waals surface area contributed by atoms with E-state index < -0.39 is 0 Å². The predicted octanol–water partition coefficient (Wildman–Crippen LogP) is 13.0. The number of unbranched alkanes of at least 4 members (excludes halogenated alkanes) is 13. The zero-order chi connectivity index (χ0) is 40.3. The normalized spacial score (nSPS) is 23.7. The fourth-order valence-electron chi connectivity index (χ4n) is 10.4. The van der Waals surface area contributed by atoms with Gasteiger partial charge < -0.3 is 19.5 Å². The first-order valence-corrected chi connectivity index (χ1v) is 26.2. The molecule has 1 N–H and O–H groups in total. The van der Waals surface area contributed by atoms with Crippen LogP contribution in [-0.4, -0.2) is 77.5 Å². The van der Waals surface area contributed by atoms with Crippen molar-refractivity contribution in [2.75, 3.05) is 51.0 Å². The third-order valence-corrected chi connectivity index (χ3v) is 16.6. The predicted molar refractivity (Wildman–Crippen MR) is 241 cm³/mol. The van der Waals surface area contributed by atoms with E-state index in [9.17, 15) is 14.7 Å². The van der Waals surface area contributed by atoms with Crippen molar-refractivity contribution >= 4 is 35.5 Å². The molecule has 0 aromatic rings. The molecule has 0 radical (unpaired) electrons. The topological polar surface area (TPSA) is 76.1 Å². The van der Waals surface area contributed by atoms with Crippen molar-refractivity contribution in [2.45, 2.75) is 212 Å². The molecule has 2 atom stereocenters. The number of fused-ring (bicyclic) bond motifs is 2. The number of hydrogen-bond acceptors (Lipinski definition) is 8. The Balaban J connectivity index is 1.43. The van der Waals surface area contributed by atoms with E-state index >= 15 is 0 Å². The average molecular weight is 824 g/mol. The van der Waals surface area contributed by atoms with Crippen LogP contribution in [0.3, 0.4) is 0 Å². The van der Waals surface area contributed by atoms with E-state index in [4.69, 9.17) is 9.47 Å². The van der Waals surface area contributed by atoms with Crippen LogP contribution in [0.2, 0.25) is 0 Å². The molecular formula is C48H89NO5S2. The minimum atomic E-state index is -0.0500. The average Bonchev–Trinajstić information content (AvgIpc) is 3.15. The van der Waals surface area contributed by atoms with Gasteiger partial charge in [0.15, 0.2) is 0 Å². The summed E-state index contributed by atoms with van der Waals surface area (Å²) in [6.45, 7) is 13.5. The number of thioether (sulfide) groups is 2. The summed E-state index contributed by atoms with van der Waals surface area (Å²) in [7, 11) is 0. The van der Waals surface area contributed by atoms with Gasteiger partial charge >= 0.3 is 11.9 Å². The second kappa shape index (κ2) is 29.7. The summed E-state index contributed by atoms with van der Waals surface area (Å²) in [5.41, 5.74) is 0.103. The van der Waals surface area contributed by atoms with E-state index in [1.807, 2.05) is 0 Å². The monoisotopic (exact) mass is 824 g/mol. The molecule has 1 aliphatic heterocycles. The molecule has 328 valence electrons. The van der Waals surface area contributed by atoms with Gasteiger partial charge in [0.05, 0.1) is 24.2 Å². The largest absolute Gasteiger partial charge is 0.466 e. The van der Waals surface area contributed by atoms with Crippen molar-refractivity contribution in [1.82, 2.24) is 4.90 Å². The highest BCUT2D eigenvalue weighted by atomic mass is 32.2. The fraction of sp³-hybridized carbons (Fsp3) is 0.958. The lowest BCUT2D eigenvalue weighted by Gasteiger charge is -2.47. The Morgan fingerprint density at radius 2 is 1.23 bits per heavy atom. The second-order valence-electron chi connectivity index (χ2n) is 19.1. The smallest absolute Gasteiger partial charge is 0.306 e. The lowest BCUT2D eigenvalue weighted by molar-refractivity contribution is -0.149. The first-order chi connectivity index (χ1) is 27.2. The number of likely N-dealkylation sites (tertiary alicyclic amines) is 1. The highest BCUT2D eigenvalue weighted by molar-refractivity contribution is 8.17. The third-order valence-electron chi connectivity index (χ3n) is 13.5. The van der Waals surface area contributed by atoms with Gasteiger partial charge in [-0.1, -0.05) is 105 Å². The van der Waals surface area contributed by atoms with E-state index in [2.05, 4.69) is 56.1 Å². The van der Waals surface area contributed by atoms with Crippen LogP contribution in [-0.2, 0) is 19.1 Å². The summed E-state index contributed by atoms with van der Waals surface area (Å²) in [5.74, 6) is 4.70. The summed E-state index contributed by atoms with van der Waals surface area (Å²) in [4.78, 5) is 28.9. The Labute approximate surface area is 354 Å². The number of rotatable bonds is 33. The van der Waals surface area contributed by atoms with E-state index in [-0.39, 0.29) is 29.4 Å². The van der Waals surface area contributed by atoms with Crippen LogP contribution in [0.1, 0.15) is 207 Å². The Bertz CT molecular complexity index is 982. The van der Waals surface area contributed by atoms with Gasteiger partial charge in [0.1, 0.15) is 0 Å². The van der Waals surface area contributed by atoms with Crippen LogP contribution in [0.25, 0.3) is 0 Å². The zero-order valence-corrected chi connectivity index (χ0v) is 38.7. The summed E-state index contributed by atoms with van der Waals surface area (Å²) in [5, 5.41) is 9.28. The standard InChI is InChI=1S/C48H89NO5S2/c1-5-7-9-11-13-15-19-33-55-46(56-34-20-16-14-12-10-8-6-2)22-21-44(51)53-31-25-48(23-28-49(29-24-48)27-17-18-30-50)26-32-54-45(52)40-47(4)38-42-35-41(3)36-43(37-42)39-47/h41-43,46,50H,5-40H2,1-4H3. The molecule has 2 bridgehead atoms. The molecule has 0 aromatic heterocycles. The van der Waals surface area contributed by atoms with Gasteiger partial charge in [-0.05, 0) is 150 Å². The molecule has 1 heterocycles. The van der Waals surface area contributed by atoms with Gasteiger partial charge in [0.2, 0.25) is 0 Å². The van der Waals surface area contributed by atoms with Gasteiger partial charge in [-0.2, -0.15) is 0 Å². The first-order valence-electron chi connectivity index (χ1n) is 24.1. The summed E-state index contributed by atoms with van der Waals surface area (Å²) < 4.78 is 12.5. The Morgan fingerprint density at radius 3 is 1.77 bits per heavy atom. The number of piperidine rings is 1. The lowest BCUT2D eigenvalue weighted by Crippen LogP contribution is -2.42. The first kappa shape index (κ1) is 49.9. The SMILES string of the molecule is CCCCCCCCCSC(CCC(=O)OCCC1(CCOC(=O)CC2(C)CC3CC(C)CC(C3)C2)CCN(CCCCO)CC1)SCCCCCCCCC. The molecule has 2 unspecified atom stereocenters. The number of carbonyl (C=O) groups excluding carboxylic acids is 2. The van der Waals surface area contributed by atoms with Crippen molar-refractivity contribution in [3.63, 3.8) is 0 Å². The van der Waals surface area contributed by atoms with E-state index in [0.29, 0.717) is 30.6 Å². The summed E-state index contributed by atoms with van der Waals surface area (Å²) >= 11 is 4.16. The molecule has 2 saturated carbocycles. The highest BCUT2D eigenvalue weighted by Crippen LogP contribution is 2.51. The van der Waals surface area contributed by atoms with Gasteiger partial charge in [0, 0.05) is 13.0 Å². The van der Waals surface area contributed by atoms with Gasteiger partial charge in [-0.3, -0.25) is 9.59 Å². The fourth-order valence-corrected chi connectivity index (χ4v) is 13.2. The Hall–Kier alpha value is -0.440. The molecule has 0 amide bonds. The molecule has 2 aliphatic carbocycles. The number of ether oxygens (including phenoxy) is 2. The molecule has 6 nitrogen and oxygen atoms in total. The van der Waals surface area contributed by atoms with Crippen LogP contribution >= 0.6 is 23.5 Å². The molecular weight excluding hydrogens is 735 g/mol. The molecule has 3 aliphatic rings. The van der Waals surface area contributed by atoms with Gasteiger partial charge in [0.25, 0.3) is 0 Å². The van der Waals surface area contributed by atoms with Crippen LogP contribution in [0.5, 0.6) is 0 Å². The number of aliphatic hydroxyl groups excluding tert-OH is 1. The van der Waals surface area contributed by atoms with E-state index in [1.54, 1.807) is 0 Å². The minimum absolute atomic E-state index is 0.0206. The van der Waals surface area contributed by atoms with Crippen LogP contribution in [0, 0.1) is 28.6 Å². The van der Waals surface area contributed by atoms with E-state index in [0.717, 1.165) is 82.3 Å². The van der Waals surface area contributed by atoms with Crippen molar-refractivity contribution in [3.8, 4) is 0 Å². The third kappa shape index (κ3) is 21.7. The van der Waals surface area contributed by atoms with Crippen molar-refractivity contribution in [1.29, 1.82) is 0 Å². The zero-order valence-electron chi connectivity index (χ0n) is 37.1. The van der Waals surface area contributed by atoms with Crippen LogP contribution in [0.15, 0.2) is 0 Å². The number of hydrogen-bond donors (Lipinski definition) is 1. The summed E-state index contributed by atoms with van der Waals surface area (Å²) in [6.07, 6.45) is 32.7. The number of esters is 2. The molecule has 0 aromatic carbocycles. The van der Waals surface area contributed by atoms with Crippen molar-refractivity contribution in [2.24, 2.45) is 28.6 Å².